The van der Waals surface area contributed by atoms with Crippen LogP contribution in [-0.2, 0) is 16.9 Å². The molecule has 142 valence electrons. The number of rotatable bonds is 4. The van der Waals surface area contributed by atoms with Gasteiger partial charge in [0.15, 0.2) is 0 Å². The lowest BCUT2D eigenvalue weighted by atomic mass is 9.92. The molecule has 4 rings (SSSR count). The number of aromatic nitrogens is 1. The van der Waals surface area contributed by atoms with E-state index in [1.807, 2.05) is 0 Å². The molecule has 0 saturated carbocycles. The molecule has 1 atom stereocenters. The van der Waals surface area contributed by atoms with Crippen LogP contribution in [0.2, 0.25) is 5.02 Å². The van der Waals surface area contributed by atoms with Gasteiger partial charge in [0, 0.05) is 10.6 Å². The maximum Gasteiger partial charge on any atom is 0.325 e. The molecule has 1 fully saturated rings. The van der Waals surface area contributed by atoms with E-state index in [2.05, 4.69) is 10.3 Å². The van der Waals surface area contributed by atoms with Gasteiger partial charge in [-0.05, 0) is 42.8 Å². The Hall–Kier alpha value is -3.19. The summed E-state index contributed by atoms with van der Waals surface area (Å²) in [5.41, 5.74) is 0.327. The molecular formula is C20H15ClFN3O3. The average molecular weight is 400 g/mol. The Kier molecular flexibility index (Phi) is 4.39. The number of urea groups is 1. The number of nitrogens with zero attached hydrogens (tertiary/aromatic N) is 2. The molecule has 0 radical (unpaired) electrons. The first-order chi connectivity index (χ1) is 13.4. The molecule has 6 nitrogen and oxygen atoms in total. The Morgan fingerprint density at radius 2 is 1.96 bits per heavy atom. The van der Waals surface area contributed by atoms with Crippen molar-refractivity contribution in [3.63, 3.8) is 0 Å². The van der Waals surface area contributed by atoms with Crippen molar-refractivity contribution in [3.8, 4) is 11.5 Å². The molecule has 1 aliphatic rings. The van der Waals surface area contributed by atoms with Crippen molar-refractivity contribution in [2.24, 2.45) is 0 Å². The fraction of sp³-hybridized carbons (Fsp3) is 0.150. The van der Waals surface area contributed by atoms with Gasteiger partial charge in [0.2, 0.25) is 5.89 Å². The van der Waals surface area contributed by atoms with Crippen molar-refractivity contribution in [2.45, 2.75) is 19.0 Å². The van der Waals surface area contributed by atoms with Gasteiger partial charge in [0.05, 0.1) is 12.2 Å². The number of hydrogen-bond donors (Lipinski definition) is 1. The Labute approximate surface area is 164 Å². The fourth-order valence-corrected chi connectivity index (χ4v) is 3.31. The van der Waals surface area contributed by atoms with Crippen molar-refractivity contribution in [1.82, 2.24) is 15.2 Å². The number of benzene rings is 2. The van der Waals surface area contributed by atoms with Gasteiger partial charge in [-0.2, -0.15) is 0 Å². The average Bonchev–Trinajstić information content (AvgIpc) is 3.22. The van der Waals surface area contributed by atoms with Crippen LogP contribution in [0.4, 0.5) is 9.18 Å². The minimum atomic E-state index is -1.27. The van der Waals surface area contributed by atoms with Gasteiger partial charge >= 0.3 is 6.03 Å². The van der Waals surface area contributed by atoms with E-state index in [1.165, 1.54) is 30.5 Å². The molecule has 1 N–H and O–H groups in total. The van der Waals surface area contributed by atoms with E-state index in [4.69, 9.17) is 16.0 Å². The van der Waals surface area contributed by atoms with Crippen molar-refractivity contribution in [2.75, 3.05) is 0 Å². The van der Waals surface area contributed by atoms with Crippen LogP contribution in [0.15, 0.2) is 59.2 Å². The molecule has 28 heavy (non-hydrogen) atoms. The zero-order valence-corrected chi connectivity index (χ0v) is 15.5. The Balaban J connectivity index is 1.56. The molecule has 3 amide bonds. The Morgan fingerprint density at radius 1 is 1.21 bits per heavy atom. The van der Waals surface area contributed by atoms with Crippen LogP contribution in [0.1, 0.15) is 18.2 Å². The zero-order valence-electron chi connectivity index (χ0n) is 14.8. The predicted molar refractivity (Wildman–Crippen MR) is 99.8 cm³/mol. The van der Waals surface area contributed by atoms with Gasteiger partial charge in [-0.1, -0.05) is 29.8 Å². The van der Waals surface area contributed by atoms with Crippen LogP contribution in [0.25, 0.3) is 11.5 Å². The van der Waals surface area contributed by atoms with Gasteiger partial charge < -0.3 is 9.73 Å². The molecule has 3 aromatic rings. The van der Waals surface area contributed by atoms with Crippen LogP contribution < -0.4 is 5.32 Å². The summed E-state index contributed by atoms with van der Waals surface area (Å²) in [6.07, 6.45) is 1.39. The molecule has 0 aliphatic carbocycles. The number of hydrogen-bond acceptors (Lipinski definition) is 4. The molecule has 1 aromatic heterocycles. The Morgan fingerprint density at radius 3 is 2.68 bits per heavy atom. The van der Waals surface area contributed by atoms with Crippen molar-refractivity contribution in [3.05, 3.63) is 76.9 Å². The molecule has 2 heterocycles. The normalized spacial score (nSPS) is 19.2. The molecular weight excluding hydrogens is 385 g/mol. The first-order valence-electron chi connectivity index (χ1n) is 8.47. The summed E-state index contributed by atoms with van der Waals surface area (Å²) in [6, 6.07) is 11.9. The van der Waals surface area contributed by atoms with E-state index in [9.17, 15) is 14.0 Å². The Bertz CT molecular complexity index is 1070. The molecule has 0 spiro atoms. The smallest absolute Gasteiger partial charge is 0.325 e. The lowest BCUT2D eigenvalue weighted by molar-refractivity contribution is -0.131. The predicted octanol–water partition coefficient (Wildman–Crippen LogP) is 4.10. The minimum Gasteiger partial charge on any atom is -0.444 e. The van der Waals surface area contributed by atoms with Gasteiger partial charge in [-0.15, -0.1) is 0 Å². The van der Waals surface area contributed by atoms with Crippen molar-refractivity contribution in [1.29, 1.82) is 0 Å². The number of carbonyl (C=O) groups excluding carboxylic acids is 2. The number of nitrogens with one attached hydrogen (secondary N) is 1. The molecule has 2 aromatic carbocycles. The molecule has 0 bridgehead atoms. The van der Waals surface area contributed by atoms with Crippen LogP contribution in [0.3, 0.4) is 0 Å². The van der Waals surface area contributed by atoms with Crippen molar-refractivity contribution >= 4 is 23.5 Å². The summed E-state index contributed by atoms with van der Waals surface area (Å²) in [5.74, 6) is -0.528. The molecule has 1 aliphatic heterocycles. The summed E-state index contributed by atoms with van der Waals surface area (Å²) in [6.45, 7) is 1.53. The minimum absolute atomic E-state index is 0.0501. The highest BCUT2D eigenvalue weighted by atomic mass is 35.5. The van der Waals surface area contributed by atoms with E-state index < -0.39 is 23.3 Å². The summed E-state index contributed by atoms with van der Waals surface area (Å²) in [5, 5.41) is 3.21. The first kappa shape index (κ1) is 18.2. The number of halogens is 2. The van der Waals surface area contributed by atoms with E-state index in [1.54, 1.807) is 31.2 Å². The summed E-state index contributed by atoms with van der Waals surface area (Å²) in [4.78, 5) is 30.7. The van der Waals surface area contributed by atoms with Crippen LogP contribution in [-0.4, -0.2) is 21.8 Å². The second kappa shape index (κ2) is 6.76. The third-order valence-electron chi connectivity index (χ3n) is 4.64. The summed E-state index contributed by atoms with van der Waals surface area (Å²) >= 11 is 5.98. The van der Waals surface area contributed by atoms with E-state index in [0.29, 0.717) is 27.7 Å². The topological polar surface area (TPSA) is 75.4 Å². The van der Waals surface area contributed by atoms with Crippen LogP contribution in [0, 0.1) is 5.82 Å². The first-order valence-corrected chi connectivity index (χ1v) is 8.85. The second-order valence-corrected chi connectivity index (χ2v) is 7.04. The standard InChI is InChI=1S/C20H15ClFN3O3/c1-20(13-5-7-15(22)8-6-13)18(26)25(19(27)24-20)10-16-11-28-17(23-16)12-3-2-4-14(21)9-12/h2-9,11H,10H2,1H3,(H,24,27). The number of oxazole rings is 1. The van der Waals surface area contributed by atoms with Crippen LogP contribution >= 0.6 is 11.6 Å². The van der Waals surface area contributed by atoms with Gasteiger partial charge in [-0.3, -0.25) is 9.69 Å². The van der Waals surface area contributed by atoms with Gasteiger partial charge in [0.1, 0.15) is 17.6 Å². The fourth-order valence-electron chi connectivity index (χ4n) is 3.12. The van der Waals surface area contributed by atoms with Crippen molar-refractivity contribution < 1.29 is 18.4 Å². The SMILES string of the molecule is CC1(c2ccc(F)cc2)NC(=O)N(Cc2coc(-c3cccc(Cl)c3)n2)C1=O. The third-order valence-corrected chi connectivity index (χ3v) is 4.88. The highest BCUT2D eigenvalue weighted by Gasteiger charge is 2.49. The highest BCUT2D eigenvalue weighted by molar-refractivity contribution is 6.30. The van der Waals surface area contributed by atoms with E-state index in [0.717, 1.165) is 4.90 Å². The third kappa shape index (κ3) is 3.14. The number of imide groups is 1. The van der Waals surface area contributed by atoms with E-state index >= 15 is 0 Å². The summed E-state index contributed by atoms with van der Waals surface area (Å²) < 4.78 is 18.6. The molecule has 1 unspecified atom stereocenters. The molecule has 1 saturated heterocycles. The zero-order chi connectivity index (χ0) is 19.9. The lowest BCUT2D eigenvalue weighted by Gasteiger charge is -2.22. The van der Waals surface area contributed by atoms with Gasteiger partial charge in [-0.25, -0.2) is 14.2 Å². The van der Waals surface area contributed by atoms with E-state index in [-0.39, 0.29) is 6.54 Å². The highest BCUT2D eigenvalue weighted by Crippen LogP contribution is 2.30. The number of carbonyl (C=O) groups is 2. The quantitative estimate of drug-likeness (QED) is 0.670. The monoisotopic (exact) mass is 399 g/mol. The lowest BCUT2D eigenvalue weighted by Crippen LogP contribution is -2.40. The molecule has 8 heteroatoms. The van der Waals surface area contributed by atoms with Crippen LogP contribution in [0.5, 0.6) is 0 Å². The van der Waals surface area contributed by atoms with Gasteiger partial charge in [0.25, 0.3) is 5.91 Å². The second-order valence-electron chi connectivity index (χ2n) is 6.61. The maximum atomic E-state index is 13.2. The largest absolute Gasteiger partial charge is 0.444 e. The number of amides is 3. The summed E-state index contributed by atoms with van der Waals surface area (Å²) in [7, 11) is 0. The maximum absolute atomic E-state index is 13.2.